The third kappa shape index (κ3) is 6.82. The zero-order chi connectivity index (χ0) is 22.9. The van der Waals surface area contributed by atoms with Gasteiger partial charge in [-0.15, -0.1) is 0 Å². The van der Waals surface area contributed by atoms with Gasteiger partial charge in [-0.2, -0.15) is 0 Å². The summed E-state index contributed by atoms with van der Waals surface area (Å²) in [6, 6.07) is 5.20. The van der Waals surface area contributed by atoms with Gasteiger partial charge in [-0.1, -0.05) is 0 Å². The number of hydrogen-bond acceptors (Lipinski definition) is 7. The van der Waals surface area contributed by atoms with Gasteiger partial charge in [0.1, 0.15) is 11.5 Å². The third-order valence-electron chi connectivity index (χ3n) is 6.10. The minimum Gasteiger partial charge on any atom is -0.497 e. The summed E-state index contributed by atoms with van der Waals surface area (Å²) >= 11 is 0. The van der Waals surface area contributed by atoms with Crippen molar-refractivity contribution in [2.75, 3.05) is 73.7 Å². The van der Waals surface area contributed by atoms with Crippen LogP contribution < -0.4 is 14.8 Å². The molecule has 9 heteroatoms. The van der Waals surface area contributed by atoms with E-state index in [2.05, 4.69) is 15.1 Å². The molecule has 1 atom stereocenters. The lowest BCUT2D eigenvalue weighted by Gasteiger charge is -2.35. The number of morpholine rings is 1. The van der Waals surface area contributed by atoms with Crippen LogP contribution in [0.25, 0.3) is 0 Å². The molecular weight excluding hydrogens is 412 g/mol. The monoisotopic (exact) mass is 448 g/mol. The van der Waals surface area contributed by atoms with E-state index in [1.54, 1.807) is 19.1 Å². The molecule has 2 heterocycles. The Kier molecular flexibility index (Phi) is 9.13. The molecule has 9 nitrogen and oxygen atoms in total. The van der Waals surface area contributed by atoms with E-state index in [0.717, 1.165) is 44.8 Å². The first-order chi connectivity index (χ1) is 15.5. The molecule has 0 radical (unpaired) electrons. The summed E-state index contributed by atoms with van der Waals surface area (Å²) in [6.07, 6.45) is 1.08. The van der Waals surface area contributed by atoms with Crippen molar-refractivity contribution in [1.82, 2.24) is 20.0 Å². The lowest BCUT2D eigenvalue weighted by atomic mass is 10.1. The van der Waals surface area contributed by atoms with E-state index in [9.17, 15) is 9.59 Å². The van der Waals surface area contributed by atoms with E-state index in [-0.39, 0.29) is 18.2 Å². The van der Waals surface area contributed by atoms with Crippen LogP contribution in [-0.4, -0.2) is 106 Å². The van der Waals surface area contributed by atoms with Gasteiger partial charge in [-0.25, -0.2) is 0 Å². The van der Waals surface area contributed by atoms with Crippen molar-refractivity contribution in [3.63, 3.8) is 0 Å². The van der Waals surface area contributed by atoms with Gasteiger partial charge in [0, 0.05) is 58.9 Å². The molecule has 2 amide bonds. The van der Waals surface area contributed by atoms with Crippen molar-refractivity contribution >= 4 is 11.8 Å². The zero-order valence-corrected chi connectivity index (χ0v) is 19.5. The number of benzene rings is 1. The summed E-state index contributed by atoms with van der Waals surface area (Å²) in [5, 5.41) is 2.90. The summed E-state index contributed by atoms with van der Waals surface area (Å²) in [6.45, 7) is 6.88. The first-order valence-electron chi connectivity index (χ1n) is 11.3. The second kappa shape index (κ2) is 12.0. The number of piperazine rings is 1. The molecule has 2 fully saturated rings. The fraction of sp³-hybridized carbons (Fsp3) is 0.652. The largest absolute Gasteiger partial charge is 0.497 e. The van der Waals surface area contributed by atoms with E-state index >= 15 is 0 Å². The van der Waals surface area contributed by atoms with Gasteiger partial charge in [0.15, 0.2) is 0 Å². The Morgan fingerprint density at radius 1 is 1.16 bits per heavy atom. The number of nitrogens with one attached hydrogen (secondary N) is 1. The standard InChI is InChI=1S/C23H36N4O5/c1-25(6-4-7-26-9-11-32-12-10-26)22(28)16-21-23(29)24-5-8-27(21)17-18-13-19(30-2)15-20(14-18)31-3/h13-15,21H,4-12,16-17H2,1-3H3,(H,24,29)/t21-/m1/s1. The van der Waals surface area contributed by atoms with Crippen LogP contribution in [0.3, 0.4) is 0 Å². The summed E-state index contributed by atoms with van der Waals surface area (Å²) in [5.74, 6) is 1.30. The van der Waals surface area contributed by atoms with Crippen LogP contribution in [0, 0.1) is 0 Å². The number of carbonyl (C=O) groups excluding carboxylic acids is 2. The predicted molar refractivity (Wildman–Crippen MR) is 121 cm³/mol. The van der Waals surface area contributed by atoms with Crippen molar-refractivity contribution in [2.24, 2.45) is 0 Å². The average molecular weight is 449 g/mol. The molecule has 0 spiro atoms. The molecule has 0 aromatic heterocycles. The minimum atomic E-state index is -0.491. The first kappa shape index (κ1) is 24.3. The number of carbonyl (C=O) groups is 2. The Morgan fingerprint density at radius 2 is 1.84 bits per heavy atom. The average Bonchev–Trinajstić information content (AvgIpc) is 2.81. The Bertz CT molecular complexity index is 747. The van der Waals surface area contributed by atoms with E-state index in [1.807, 2.05) is 25.2 Å². The normalized spacial score (nSPS) is 20.0. The van der Waals surface area contributed by atoms with E-state index < -0.39 is 6.04 Å². The molecule has 3 rings (SSSR count). The third-order valence-corrected chi connectivity index (χ3v) is 6.10. The maximum absolute atomic E-state index is 12.9. The highest BCUT2D eigenvalue weighted by Crippen LogP contribution is 2.24. The van der Waals surface area contributed by atoms with Crippen molar-refractivity contribution in [2.45, 2.75) is 25.4 Å². The van der Waals surface area contributed by atoms with Crippen LogP contribution >= 0.6 is 0 Å². The highest BCUT2D eigenvalue weighted by atomic mass is 16.5. The number of nitrogens with zero attached hydrogens (tertiary/aromatic N) is 3. The van der Waals surface area contributed by atoms with Crippen LogP contribution in [0.15, 0.2) is 18.2 Å². The number of amides is 2. The molecule has 0 unspecified atom stereocenters. The smallest absolute Gasteiger partial charge is 0.237 e. The molecule has 0 aliphatic carbocycles. The quantitative estimate of drug-likeness (QED) is 0.560. The lowest BCUT2D eigenvalue weighted by Crippen LogP contribution is -2.56. The van der Waals surface area contributed by atoms with Crippen LogP contribution in [-0.2, 0) is 20.9 Å². The predicted octanol–water partition coefficient (Wildman–Crippen LogP) is 0.575. The fourth-order valence-corrected chi connectivity index (χ4v) is 4.17. The molecule has 0 bridgehead atoms. The Hall–Kier alpha value is -2.36. The van der Waals surface area contributed by atoms with Gasteiger partial charge in [0.2, 0.25) is 11.8 Å². The summed E-state index contributed by atoms with van der Waals surface area (Å²) in [4.78, 5) is 31.7. The highest BCUT2D eigenvalue weighted by molar-refractivity contribution is 5.88. The SMILES string of the molecule is COc1cc(CN2CCNC(=O)[C@H]2CC(=O)N(C)CCCN2CCOCC2)cc(OC)c1. The zero-order valence-electron chi connectivity index (χ0n) is 19.5. The van der Waals surface area contributed by atoms with E-state index in [4.69, 9.17) is 14.2 Å². The molecule has 2 aliphatic rings. The molecule has 1 N–H and O–H groups in total. The van der Waals surface area contributed by atoms with E-state index in [0.29, 0.717) is 37.7 Å². The van der Waals surface area contributed by atoms with E-state index in [1.165, 1.54) is 0 Å². The summed E-state index contributed by atoms with van der Waals surface area (Å²) in [5.41, 5.74) is 0.979. The molecule has 1 aromatic rings. The second-order valence-electron chi connectivity index (χ2n) is 8.33. The number of ether oxygens (including phenoxy) is 3. The summed E-state index contributed by atoms with van der Waals surface area (Å²) < 4.78 is 16.1. The molecule has 32 heavy (non-hydrogen) atoms. The van der Waals surface area contributed by atoms with Gasteiger partial charge in [-0.3, -0.25) is 19.4 Å². The molecule has 1 aromatic carbocycles. The Balaban J connectivity index is 1.56. The number of methoxy groups -OCH3 is 2. The minimum absolute atomic E-state index is 0.0118. The maximum atomic E-state index is 12.9. The maximum Gasteiger partial charge on any atom is 0.237 e. The molecular formula is C23H36N4O5. The Labute approximate surface area is 190 Å². The van der Waals surface area contributed by atoms with Crippen molar-refractivity contribution in [3.8, 4) is 11.5 Å². The molecule has 2 saturated heterocycles. The summed E-state index contributed by atoms with van der Waals surface area (Å²) in [7, 11) is 5.05. The van der Waals surface area contributed by atoms with Gasteiger partial charge in [0.25, 0.3) is 0 Å². The molecule has 0 saturated carbocycles. The second-order valence-corrected chi connectivity index (χ2v) is 8.33. The first-order valence-corrected chi connectivity index (χ1v) is 11.3. The fourth-order valence-electron chi connectivity index (χ4n) is 4.17. The van der Waals surface area contributed by atoms with Crippen LogP contribution in [0.4, 0.5) is 0 Å². The van der Waals surface area contributed by atoms with Gasteiger partial charge in [0.05, 0.1) is 39.9 Å². The van der Waals surface area contributed by atoms with Crippen LogP contribution in [0.2, 0.25) is 0 Å². The highest BCUT2D eigenvalue weighted by Gasteiger charge is 2.32. The number of hydrogen-bond donors (Lipinski definition) is 1. The van der Waals surface area contributed by atoms with Gasteiger partial charge >= 0.3 is 0 Å². The molecule has 2 aliphatic heterocycles. The topological polar surface area (TPSA) is 83.6 Å². The molecule has 178 valence electrons. The van der Waals surface area contributed by atoms with Crippen LogP contribution in [0.5, 0.6) is 11.5 Å². The van der Waals surface area contributed by atoms with Gasteiger partial charge < -0.3 is 24.4 Å². The Morgan fingerprint density at radius 3 is 2.50 bits per heavy atom. The van der Waals surface area contributed by atoms with Crippen molar-refractivity contribution < 1.29 is 23.8 Å². The number of rotatable bonds is 10. The van der Waals surface area contributed by atoms with Crippen molar-refractivity contribution in [1.29, 1.82) is 0 Å². The van der Waals surface area contributed by atoms with Gasteiger partial charge in [-0.05, 0) is 24.1 Å². The van der Waals surface area contributed by atoms with Crippen molar-refractivity contribution in [3.05, 3.63) is 23.8 Å². The lowest BCUT2D eigenvalue weighted by molar-refractivity contribution is -0.138. The van der Waals surface area contributed by atoms with Crippen LogP contribution in [0.1, 0.15) is 18.4 Å².